The van der Waals surface area contributed by atoms with Crippen LogP contribution < -0.4 is 5.56 Å². The third-order valence-corrected chi connectivity index (χ3v) is 6.16. The van der Waals surface area contributed by atoms with Gasteiger partial charge in [0, 0.05) is 31.0 Å². The number of nitriles is 1. The number of halogens is 3. The second-order valence-corrected chi connectivity index (χ2v) is 8.45. The molecule has 1 aliphatic rings. The molecule has 0 spiro atoms. The van der Waals surface area contributed by atoms with Crippen LogP contribution in [0.15, 0.2) is 47.5 Å². The second kappa shape index (κ2) is 8.41. The lowest BCUT2D eigenvalue weighted by Gasteiger charge is -2.28. The molecule has 7 nitrogen and oxygen atoms in total. The Labute approximate surface area is 191 Å². The second-order valence-electron chi connectivity index (χ2n) is 8.45. The summed E-state index contributed by atoms with van der Waals surface area (Å²) in [6.45, 7) is 0. The predicted molar refractivity (Wildman–Crippen MR) is 118 cm³/mol. The minimum absolute atomic E-state index is 0.189. The van der Waals surface area contributed by atoms with Crippen molar-refractivity contribution in [2.24, 2.45) is 0 Å². The van der Waals surface area contributed by atoms with Crippen LogP contribution in [0.25, 0.3) is 22.2 Å². The first-order valence-electron chi connectivity index (χ1n) is 10.8. The summed E-state index contributed by atoms with van der Waals surface area (Å²) in [6, 6.07) is 9.19. The molecule has 0 radical (unpaired) electrons. The van der Waals surface area contributed by atoms with Crippen molar-refractivity contribution in [1.29, 1.82) is 5.26 Å². The van der Waals surface area contributed by atoms with Gasteiger partial charge in [-0.15, -0.1) is 0 Å². The van der Waals surface area contributed by atoms with Crippen LogP contribution in [0.5, 0.6) is 0 Å². The van der Waals surface area contributed by atoms with E-state index in [4.69, 9.17) is 5.26 Å². The van der Waals surface area contributed by atoms with Crippen molar-refractivity contribution < 1.29 is 13.2 Å². The Morgan fingerprint density at radius 1 is 1.18 bits per heavy atom. The number of pyridine rings is 1. The molecule has 3 heterocycles. The maximum Gasteiger partial charge on any atom is 0.262 e. The molecule has 172 valence electrons. The molecule has 10 heteroatoms. The summed E-state index contributed by atoms with van der Waals surface area (Å²) in [5, 5.41) is 13.5. The molecule has 3 aromatic heterocycles. The molecule has 5 rings (SSSR count). The van der Waals surface area contributed by atoms with Gasteiger partial charge in [0.1, 0.15) is 28.8 Å². The average Bonchev–Trinajstić information content (AvgIpc) is 3.25. The summed E-state index contributed by atoms with van der Waals surface area (Å²) in [5.41, 5.74) is 2.08. The summed E-state index contributed by atoms with van der Waals surface area (Å²) in [5.74, 6) is -2.77. The number of hydrogen-bond acceptors (Lipinski definition) is 5. The third kappa shape index (κ3) is 4.17. The van der Waals surface area contributed by atoms with Crippen LogP contribution in [0.3, 0.4) is 0 Å². The van der Waals surface area contributed by atoms with Crippen LogP contribution in [0, 0.1) is 17.1 Å². The predicted octanol–water partition coefficient (Wildman–Crippen LogP) is 4.53. The molecular weight excluding hydrogens is 445 g/mol. The van der Waals surface area contributed by atoms with Crippen LogP contribution >= 0.6 is 0 Å². The fraction of sp³-hybridized carbons (Fsp3) is 0.292. The van der Waals surface area contributed by atoms with E-state index in [1.165, 1.54) is 24.5 Å². The largest absolute Gasteiger partial charge is 0.310 e. The molecule has 0 atom stereocenters. The maximum absolute atomic E-state index is 14.1. The van der Waals surface area contributed by atoms with Gasteiger partial charge in [0.2, 0.25) is 5.92 Å². The standard InChI is InChI=1S/C24H19F3N6O/c25-16-3-1-14(19(10-16)15-2-4-17(11-28)29-12-15)9-21-31-22-20(23(34)32-21)13-30-33(22)18-5-7-24(26,27)8-6-18/h1-4,10,12-13,18H,5-9H2,(H,31,32,34). The van der Waals surface area contributed by atoms with Gasteiger partial charge in [0.25, 0.3) is 5.56 Å². The minimum atomic E-state index is -2.67. The highest BCUT2D eigenvalue weighted by atomic mass is 19.3. The monoisotopic (exact) mass is 464 g/mol. The number of nitrogens with zero attached hydrogens (tertiary/aromatic N) is 5. The van der Waals surface area contributed by atoms with Gasteiger partial charge in [-0.1, -0.05) is 6.07 Å². The van der Waals surface area contributed by atoms with Crippen molar-refractivity contribution in [1.82, 2.24) is 24.7 Å². The van der Waals surface area contributed by atoms with Crippen LogP contribution in [-0.2, 0) is 6.42 Å². The first-order chi connectivity index (χ1) is 16.3. The fourth-order valence-electron chi connectivity index (χ4n) is 4.37. The van der Waals surface area contributed by atoms with Crippen molar-refractivity contribution in [2.45, 2.75) is 44.1 Å². The summed E-state index contributed by atoms with van der Waals surface area (Å²) in [6.07, 6.45) is 3.13. The smallest absolute Gasteiger partial charge is 0.262 e. The Bertz CT molecular complexity index is 1460. The van der Waals surface area contributed by atoms with E-state index >= 15 is 0 Å². The fourth-order valence-corrected chi connectivity index (χ4v) is 4.37. The zero-order valence-corrected chi connectivity index (χ0v) is 17.9. The first-order valence-corrected chi connectivity index (χ1v) is 10.8. The van der Waals surface area contributed by atoms with E-state index in [9.17, 15) is 18.0 Å². The van der Waals surface area contributed by atoms with Gasteiger partial charge in [-0.25, -0.2) is 27.8 Å². The van der Waals surface area contributed by atoms with Crippen molar-refractivity contribution in [3.05, 3.63) is 76.0 Å². The van der Waals surface area contributed by atoms with Gasteiger partial charge in [0.15, 0.2) is 5.65 Å². The maximum atomic E-state index is 14.1. The highest BCUT2D eigenvalue weighted by Crippen LogP contribution is 2.38. The van der Waals surface area contributed by atoms with Crippen LogP contribution in [0.4, 0.5) is 13.2 Å². The lowest BCUT2D eigenvalue weighted by molar-refractivity contribution is -0.0446. The number of nitrogens with one attached hydrogen (secondary N) is 1. The van der Waals surface area contributed by atoms with Gasteiger partial charge in [-0.3, -0.25) is 4.79 Å². The Kier molecular flexibility index (Phi) is 5.40. The van der Waals surface area contributed by atoms with Crippen LogP contribution in [-0.4, -0.2) is 30.7 Å². The molecule has 1 saturated carbocycles. The number of alkyl halides is 2. The summed E-state index contributed by atoms with van der Waals surface area (Å²) < 4.78 is 42.8. The van der Waals surface area contributed by atoms with Crippen LogP contribution in [0.2, 0.25) is 0 Å². The highest BCUT2D eigenvalue weighted by molar-refractivity contribution is 5.73. The normalized spacial score (nSPS) is 15.9. The van der Waals surface area contributed by atoms with E-state index in [0.717, 1.165) is 0 Å². The average molecular weight is 464 g/mol. The van der Waals surface area contributed by atoms with E-state index in [2.05, 4.69) is 20.1 Å². The molecule has 0 bridgehead atoms. The van der Waals surface area contributed by atoms with Crippen molar-refractivity contribution in [2.75, 3.05) is 0 Å². The molecule has 0 aliphatic heterocycles. The van der Waals surface area contributed by atoms with Crippen molar-refractivity contribution in [3.63, 3.8) is 0 Å². The van der Waals surface area contributed by atoms with Gasteiger partial charge in [0.05, 0.1) is 12.2 Å². The Morgan fingerprint density at radius 2 is 1.97 bits per heavy atom. The zero-order chi connectivity index (χ0) is 23.9. The Morgan fingerprint density at radius 3 is 2.68 bits per heavy atom. The lowest BCUT2D eigenvalue weighted by atomic mass is 9.92. The lowest BCUT2D eigenvalue weighted by Crippen LogP contribution is -2.27. The van der Waals surface area contributed by atoms with Gasteiger partial charge < -0.3 is 4.98 Å². The van der Waals surface area contributed by atoms with E-state index in [1.54, 1.807) is 22.9 Å². The molecule has 1 aliphatic carbocycles. The number of benzene rings is 1. The number of rotatable bonds is 4. The third-order valence-electron chi connectivity index (χ3n) is 6.16. The van der Waals surface area contributed by atoms with E-state index in [-0.39, 0.29) is 54.8 Å². The number of fused-ring (bicyclic) bond motifs is 1. The van der Waals surface area contributed by atoms with Gasteiger partial charge in [-0.2, -0.15) is 10.4 Å². The van der Waals surface area contributed by atoms with Crippen LogP contribution in [0.1, 0.15) is 48.8 Å². The zero-order valence-electron chi connectivity index (χ0n) is 17.9. The topological polar surface area (TPSA) is 100 Å². The van der Waals surface area contributed by atoms with E-state index in [0.29, 0.717) is 28.2 Å². The minimum Gasteiger partial charge on any atom is -0.310 e. The summed E-state index contributed by atoms with van der Waals surface area (Å²) >= 11 is 0. The van der Waals surface area contributed by atoms with E-state index in [1.807, 2.05) is 6.07 Å². The Hall–Kier alpha value is -4.00. The van der Waals surface area contributed by atoms with Crippen molar-refractivity contribution in [3.8, 4) is 17.2 Å². The van der Waals surface area contributed by atoms with Gasteiger partial charge in [-0.05, 0) is 48.2 Å². The highest BCUT2D eigenvalue weighted by Gasteiger charge is 2.36. The van der Waals surface area contributed by atoms with Crippen molar-refractivity contribution >= 4 is 11.0 Å². The first kappa shape index (κ1) is 21.8. The molecule has 34 heavy (non-hydrogen) atoms. The summed E-state index contributed by atoms with van der Waals surface area (Å²) in [4.78, 5) is 24.1. The Balaban J connectivity index is 1.51. The number of H-pyrrole nitrogens is 1. The molecule has 0 amide bonds. The molecular formula is C24H19F3N6O. The molecule has 1 fully saturated rings. The molecule has 1 aromatic carbocycles. The number of aromatic amines is 1. The van der Waals surface area contributed by atoms with Gasteiger partial charge >= 0.3 is 0 Å². The molecule has 1 N–H and O–H groups in total. The quantitative estimate of drug-likeness (QED) is 0.478. The SMILES string of the molecule is N#Cc1ccc(-c2cc(F)ccc2Cc2nc3c(cnn3C3CCC(F)(F)CC3)c(=O)[nH]2)cn1. The van der Waals surface area contributed by atoms with E-state index < -0.39 is 11.7 Å². The summed E-state index contributed by atoms with van der Waals surface area (Å²) in [7, 11) is 0. The number of aromatic nitrogens is 5. The molecule has 4 aromatic rings. The number of hydrogen-bond donors (Lipinski definition) is 1. The molecule has 0 unspecified atom stereocenters. The molecule has 0 saturated heterocycles.